The van der Waals surface area contributed by atoms with Crippen LogP contribution in [0.15, 0.2) is 24.3 Å². The van der Waals surface area contributed by atoms with E-state index in [2.05, 4.69) is 69.1 Å². The summed E-state index contributed by atoms with van der Waals surface area (Å²) in [5.74, 6) is 0. The van der Waals surface area contributed by atoms with Crippen LogP contribution in [0.3, 0.4) is 0 Å². The Morgan fingerprint density at radius 2 is 2.05 bits per heavy atom. The molecule has 1 aromatic rings. The van der Waals surface area contributed by atoms with Crippen molar-refractivity contribution in [2.24, 2.45) is 5.41 Å². The van der Waals surface area contributed by atoms with Gasteiger partial charge in [-0.3, -0.25) is 0 Å². The molecule has 0 aromatic heterocycles. The van der Waals surface area contributed by atoms with Crippen LogP contribution in [0.5, 0.6) is 0 Å². The average molecular weight is 260 g/mol. The third-order valence-electron chi connectivity index (χ3n) is 4.27. The summed E-state index contributed by atoms with van der Waals surface area (Å²) in [6, 6.07) is 10.1. The second-order valence-electron chi connectivity index (χ2n) is 6.85. The summed E-state index contributed by atoms with van der Waals surface area (Å²) in [7, 11) is 0. The molecule has 1 saturated heterocycles. The quantitative estimate of drug-likeness (QED) is 0.876. The van der Waals surface area contributed by atoms with Gasteiger partial charge in [0.15, 0.2) is 0 Å². The van der Waals surface area contributed by atoms with E-state index in [9.17, 15) is 0 Å². The Hall–Kier alpha value is -1.02. The van der Waals surface area contributed by atoms with Gasteiger partial charge in [0.1, 0.15) is 0 Å². The first-order valence-corrected chi connectivity index (χ1v) is 7.50. The molecule has 1 heterocycles. The van der Waals surface area contributed by atoms with Crippen LogP contribution >= 0.6 is 0 Å². The standard InChI is InChI=1S/C17H28N2/c1-6-14-8-7-9-15(10-14)19-12-16(17(3,4)5)18-11-13(19)2/h7-10,13,16,18H,6,11-12H2,1-5H3. The Labute approximate surface area is 118 Å². The minimum Gasteiger partial charge on any atom is -0.366 e. The van der Waals surface area contributed by atoms with Crippen LogP contribution in [0, 0.1) is 5.41 Å². The molecule has 1 aliphatic rings. The molecule has 1 fully saturated rings. The molecule has 0 radical (unpaired) electrons. The van der Waals surface area contributed by atoms with Gasteiger partial charge < -0.3 is 10.2 Å². The van der Waals surface area contributed by atoms with Crippen molar-refractivity contribution in [2.45, 2.75) is 53.1 Å². The Kier molecular flexibility index (Phi) is 4.19. The van der Waals surface area contributed by atoms with Gasteiger partial charge in [-0.1, -0.05) is 39.8 Å². The molecule has 1 aliphatic heterocycles. The molecule has 19 heavy (non-hydrogen) atoms. The first-order chi connectivity index (χ1) is 8.91. The van der Waals surface area contributed by atoms with E-state index in [1.165, 1.54) is 11.3 Å². The monoisotopic (exact) mass is 260 g/mol. The van der Waals surface area contributed by atoms with Gasteiger partial charge in [0.05, 0.1) is 0 Å². The van der Waals surface area contributed by atoms with Crippen molar-refractivity contribution in [2.75, 3.05) is 18.0 Å². The highest BCUT2D eigenvalue weighted by molar-refractivity contribution is 5.50. The fraction of sp³-hybridized carbons (Fsp3) is 0.647. The van der Waals surface area contributed by atoms with E-state index >= 15 is 0 Å². The molecule has 2 nitrogen and oxygen atoms in total. The maximum Gasteiger partial charge on any atom is 0.0387 e. The maximum atomic E-state index is 3.70. The zero-order chi connectivity index (χ0) is 14.0. The van der Waals surface area contributed by atoms with Gasteiger partial charge in [0, 0.05) is 30.9 Å². The molecule has 2 rings (SSSR count). The normalized spacial score (nSPS) is 24.6. The number of anilines is 1. The SMILES string of the molecule is CCc1cccc(N2CC(C(C)(C)C)NCC2C)c1. The third-order valence-corrected chi connectivity index (χ3v) is 4.27. The lowest BCUT2D eigenvalue weighted by molar-refractivity contribution is 0.239. The van der Waals surface area contributed by atoms with Crippen LogP contribution in [0.1, 0.15) is 40.2 Å². The van der Waals surface area contributed by atoms with Gasteiger partial charge in [-0.05, 0) is 36.5 Å². The molecule has 106 valence electrons. The number of hydrogen-bond acceptors (Lipinski definition) is 2. The summed E-state index contributed by atoms with van der Waals surface area (Å²) < 4.78 is 0. The van der Waals surface area contributed by atoms with Crippen molar-refractivity contribution in [3.8, 4) is 0 Å². The zero-order valence-electron chi connectivity index (χ0n) is 13.0. The van der Waals surface area contributed by atoms with Gasteiger partial charge in [0.25, 0.3) is 0 Å². The molecule has 2 atom stereocenters. The number of aryl methyl sites for hydroxylation is 1. The van der Waals surface area contributed by atoms with Gasteiger partial charge >= 0.3 is 0 Å². The van der Waals surface area contributed by atoms with Crippen LogP contribution < -0.4 is 10.2 Å². The molecule has 2 unspecified atom stereocenters. The maximum absolute atomic E-state index is 3.70. The van der Waals surface area contributed by atoms with E-state index in [1.54, 1.807) is 0 Å². The van der Waals surface area contributed by atoms with Crippen molar-refractivity contribution in [3.05, 3.63) is 29.8 Å². The third kappa shape index (κ3) is 3.30. The topological polar surface area (TPSA) is 15.3 Å². The lowest BCUT2D eigenvalue weighted by Crippen LogP contribution is -2.59. The van der Waals surface area contributed by atoms with Gasteiger partial charge in [-0.15, -0.1) is 0 Å². The van der Waals surface area contributed by atoms with Crippen molar-refractivity contribution in [3.63, 3.8) is 0 Å². The molecule has 1 N–H and O–H groups in total. The second kappa shape index (κ2) is 5.54. The largest absolute Gasteiger partial charge is 0.366 e. The highest BCUT2D eigenvalue weighted by Gasteiger charge is 2.32. The lowest BCUT2D eigenvalue weighted by atomic mass is 9.84. The summed E-state index contributed by atoms with van der Waals surface area (Å²) >= 11 is 0. The van der Waals surface area contributed by atoms with Crippen LogP contribution in [0.25, 0.3) is 0 Å². The van der Waals surface area contributed by atoms with E-state index in [4.69, 9.17) is 0 Å². The van der Waals surface area contributed by atoms with Crippen molar-refractivity contribution >= 4 is 5.69 Å². The Bertz CT molecular complexity index is 420. The van der Waals surface area contributed by atoms with Crippen LogP contribution in [-0.2, 0) is 6.42 Å². The van der Waals surface area contributed by atoms with E-state index < -0.39 is 0 Å². The van der Waals surface area contributed by atoms with E-state index in [1.807, 2.05) is 0 Å². The predicted octanol–water partition coefficient (Wildman–Crippen LogP) is 3.46. The summed E-state index contributed by atoms with van der Waals surface area (Å²) in [6.07, 6.45) is 1.11. The fourth-order valence-corrected chi connectivity index (χ4v) is 2.76. The molecule has 0 spiro atoms. The number of piperazine rings is 1. The lowest BCUT2D eigenvalue weighted by Gasteiger charge is -2.45. The minimum absolute atomic E-state index is 0.306. The van der Waals surface area contributed by atoms with Crippen molar-refractivity contribution in [1.29, 1.82) is 0 Å². The van der Waals surface area contributed by atoms with Gasteiger partial charge in [-0.2, -0.15) is 0 Å². The van der Waals surface area contributed by atoms with Gasteiger partial charge in [0.2, 0.25) is 0 Å². The molecular weight excluding hydrogens is 232 g/mol. The number of rotatable bonds is 2. The summed E-state index contributed by atoms with van der Waals surface area (Å²) in [5, 5.41) is 3.70. The van der Waals surface area contributed by atoms with Crippen LogP contribution in [-0.4, -0.2) is 25.2 Å². The minimum atomic E-state index is 0.306. The van der Waals surface area contributed by atoms with Gasteiger partial charge in [-0.25, -0.2) is 0 Å². The molecule has 1 aromatic carbocycles. The van der Waals surface area contributed by atoms with Crippen molar-refractivity contribution in [1.82, 2.24) is 5.32 Å². The average Bonchev–Trinajstić information content (AvgIpc) is 2.38. The summed E-state index contributed by atoms with van der Waals surface area (Å²) in [5.41, 5.74) is 3.11. The molecule has 2 heteroatoms. The number of nitrogens with zero attached hydrogens (tertiary/aromatic N) is 1. The van der Waals surface area contributed by atoms with E-state index in [0.717, 1.165) is 19.5 Å². The summed E-state index contributed by atoms with van der Waals surface area (Å²) in [6.45, 7) is 13.7. The highest BCUT2D eigenvalue weighted by atomic mass is 15.2. The van der Waals surface area contributed by atoms with E-state index in [0.29, 0.717) is 17.5 Å². The fourth-order valence-electron chi connectivity index (χ4n) is 2.76. The smallest absolute Gasteiger partial charge is 0.0387 e. The zero-order valence-corrected chi connectivity index (χ0v) is 13.0. The molecular formula is C17H28N2. The number of hydrogen-bond donors (Lipinski definition) is 1. The number of nitrogens with one attached hydrogen (secondary N) is 1. The molecule has 0 amide bonds. The first-order valence-electron chi connectivity index (χ1n) is 7.50. The molecule has 0 saturated carbocycles. The second-order valence-corrected chi connectivity index (χ2v) is 6.85. The number of benzene rings is 1. The van der Waals surface area contributed by atoms with Crippen LogP contribution in [0.4, 0.5) is 5.69 Å². The molecule has 0 bridgehead atoms. The Morgan fingerprint density at radius 1 is 1.32 bits per heavy atom. The Balaban J connectivity index is 2.21. The van der Waals surface area contributed by atoms with Crippen molar-refractivity contribution < 1.29 is 0 Å². The van der Waals surface area contributed by atoms with E-state index in [-0.39, 0.29) is 0 Å². The summed E-state index contributed by atoms with van der Waals surface area (Å²) in [4.78, 5) is 2.56. The molecule has 0 aliphatic carbocycles. The van der Waals surface area contributed by atoms with Crippen LogP contribution in [0.2, 0.25) is 0 Å². The highest BCUT2D eigenvalue weighted by Crippen LogP contribution is 2.27. The first kappa shape index (κ1) is 14.4. The predicted molar refractivity (Wildman–Crippen MR) is 83.9 cm³/mol. The Morgan fingerprint density at radius 3 is 2.68 bits per heavy atom.